The largest absolute Gasteiger partial charge is 0.312 e. The average Bonchev–Trinajstić information content (AvgIpc) is 2.76. The second-order valence-corrected chi connectivity index (χ2v) is 5.12. The Hall–Kier alpha value is -1.26. The fourth-order valence-electron chi connectivity index (χ4n) is 1.57. The van der Waals surface area contributed by atoms with Crippen molar-refractivity contribution in [2.24, 2.45) is 0 Å². The molecule has 4 heteroatoms. The van der Waals surface area contributed by atoms with Crippen molar-refractivity contribution in [1.82, 2.24) is 10.3 Å². The molecule has 0 fully saturated rings. The van der Waals surface area contributed by atoms with E-state index in [4.69, 9.17) is 0 Å². The third-order valence-electron chi connectivity index (χ3n) is 2.68. The van der Waals surface area contributed by atoms with Gasteiger partial charge in [-0.25, -0.2) is 9.37 Å². The maximum Gasteiger partial charge on any atom is 0.123 e. The van der Waals surface area contributed by atoms with E-state index in [0.717, 1.165) is 10.6 Å². The van der Waals surface area contributed by atoms with Crippen LogP contribution >= 0.6 is 11.3 Å². The molecule has 0 radical (unpaired) electrons. The Morgan fingerprint density at radius 2 is 2.29 bits per heavy atom. The van der Waals surface area contributed by atoms with Gasteiger partial charge in [-0.15, -0.1) is 11.3 Å². The summed E-state index contributed by atoms with van der Waals surface area (Å²) < 4.78 is 13.0. The lowest BCUT2D eigenvalue weighted by Gasteiger charge is -2.04. The highest BCUT2D eigenvalue weighted by Crippen LogP contribution is 2.22. The monoisotopic (exact) mass is 250 g/mol. The van der Waals surface area contributed by atoms with Crippen LogP contribution in [-0.4, -0.2) is 12.0 Å². The Morgan fingerprint density at radius 1 is 1.47 bits per heavy atom. The third kappa shape index (κ3) is 3.11. The van der Waals surface area contributed by atoms with Crippen molar-refractivity contribution < 1.29 is 4.39 Å². The van der Waals surface area contributed by atoms with E-state index in [-0.39, 0.29) is 5.82 Å². The molecule has 1 aromatic heterocycles. The quantitative estimate of drug-likeness (QED) is 0.901. The first-order valence-electron chi connectivity index (χ1n) is 5.55. The smallest absolute Gasteiger partial charge is 0.123 e. The molecule has 0 aliphatic rings. The van der Waals surface area contributed by atoms with Crippen LogP contribution in [0, 0.1) is 5.82 Å². The van der Waals surface area contributed by atoms with Crippen molar-refractivity contribution >= 4 is 11.3 Å². The van der Waals surface area contributed by atoms with Gasteiger partial charge in [0.05, 0.1) is 5.01 Å². The summed E-state index contributed by atoms with van der Waals surface area (Å²) in [5.41, 5.74) is 0.961. The van der Waals surface area contributed by atoms with E-state index in [9.17, 15) is 4.39 Å². The standard InChI is InChI=1S/C13H15FN2S/c1-9(15-2)12-8-16-13(17-12)7-10-4-3-5-11(14)6-10/h3-6,8-9,15H,7H2,1-2H3. The van der Waals surface area contributed by atoms with E-state index in [0.29, 0.717) is 12.5 Å². The molecule has 0 spiro atoms. The molecular weight excluding hydrogens is 235 g/mol. The van der Waals surface area contributed by atoms with Crippen LogP contribution in [-0.2, 0) is 6.42 Å². The average molecular weight is 250 g/mol. The zero-order valence-electron chi connectivity index (χ0n) is 9.90. The van der Waals surface area contributed by atoms with E-state index in [1.54, 1.807) is 23.5 Å². The fraction of sp³-hybridized carbons (Fsp3) is 0.308. The van der Waals surface area contributed by atoms with Crippen molar-refractivity contribution in [3.05, 3.63) is 51.7 Å². The maximum atomic E-state index is 13.0. The molecule has 1 unspecified atom stereocenters. The normalized spacial score (nSPS) is 12.6. The van der Waals surface area contributed by atoms with Crippen LogP contribution in [0.5, 0.6) is 0 Å². The first-order chi connectivity index (χ1) is 8.19. The van der Waals surface area contributed by atoms with Crippen LogP contribution in [0.2, 0.25) is 0 Å². The van der Waals surface area contributed by atoms with Crippen LogP contribution in [0.4, 0.5) is 4.39 Å². The Labute approximate surface area is 105 Å². The lowest BCUT2D eigenvalue weighted by atomic mass is 10.1. The number of rotatable bonds is 4. The number of nitrogens with one attached hydrogen (secondary N) is 1. The van der Waals surface area contributed by atoms with Crippen LogP contribution in [0.25, 0.3) is 0 Å². The minimum absolute atomic E-state index is 0.192. The molecular formula is C13H15FN2S. The summed E-state index contributed by atoms with van der Waals surface area (Å²) in [5, 5.41) is 4.20. The lowest BCUT2D eigenvalue weighted by Crippen LogP contribution is -2.10. The zero-order valence-corrected chi connectivity index (χ0v) is 10.7. The fourth-order valence-corrected chi connectivity index (χ4v) is 2.59. The summed E-state index contributed by atoms with van der Waals surface area (Å²) in [6.07, 6.45) is 2.58. The van der Waals surface area contributed by atoms with Crippen LogP contribution < -0.4 is 5.32 Å². The van der Waals surface area contributed by atoms with Gasteiger partial charge >= 0.3 is 0 Å². The molecule has 0 saturated carbocycles. The van der Waals surface area contributed by atoms with Gasteiger partial charge in [-0.05, 0) is 31.7 Å². The molecule has 0 saturated heterocycles. The van der Waals surface area contributed by atoms with Gasteiger partial charge in [-0.3, -0.25) is 0 Å². The van der Waals surface area contributed by atoms with Gasteiger partial charge < -0.3 is 5.32 Å². The van der Waals surface area contributed by atoms with Crippen LogP contribution in [0.3, 0.4) is 0 Å². The minimum atomic E-state index is -0.192. The minimum Gasteiger partial charge on any atom is -0.312 e. The number of halogens is 1. The summed E-state index contributed by atoms with van der Waals surface area (Å²) in [7, 11) is 1.93. The van der Waals surface area contributed by atoms with Gasteiger partial charge in [0.25, 0.3) is 0 Å². The summed E-state index contributed by atoms with van der Waals surface area (Å²) in [6, 6.07) is 6.98. The SMILES string of the molecule is CNC(C)c1cnc(Cc2cccc(F)c2)s1. The highest BCUT2D eigenvalue weighted by atomic mass is 32.1. The molecule has 1 N–H and O–H groups in total. The topological polar surface area (TPSA) is 24.9 Å². The zero-order chi connectivity index (χ0) is 12.3. The number of thiazole rings is 1. The molecule has 2 rings (SSSR count). The molecule has 1 atom stereocenters. The Morgan fingerprint density at radius 3 is 3.00 bits per heavy atom. The molecule has 1 aromatic carbocycles. The first kappa shape index (κ1) is 12.2. The molecule has 2 aromatic rings. The highest BCUT2D eigenvalue weighted by Gasteiger charge is 2.08. The van der Waals surface area contributed by atoms with Gasteiger partial charge in [0.2, 0.25) is 0 Å². The molecule has 90 valence electrons. The number of hydrogen-bond donors (Lipinski definition) is 1. The van der Waals surface area contributed by atoms with E-state index in [1.807, 2.05) is 19.3 Å². The van der Waals surface area contributed by atoms with Crippen molar-refractivity contribution in [2.75, 3.05) is 7.05 Å². The van der Waals surface area contributed by atoms with E-state index >= 15 is 0 Å². The van der Waals surface area contributed by atoms with Crippen molar-refractivity contribution in [1.29, 1.82) is 0 Å². The molecule has 0 amide bonds. The third-order valence-corrected chi connectivity index (χ3v) is 3.86. The van der Waals surface area contributed by atoms with Crippen molar-refractivity contribution in [3.8, 4) is 0 Å². The number of hydrogen-bond acceptors (Lipinski definition) is 3. The van der Waals surface area contributed by atoms with Crippen LogP contribution in [0.1, 0.15) is 28.4 Å². The number of aromatic nitrogens is 1. The van der Waals surface area contributed by atoms with Crippen molar-refractivity contribution in [3.63, 3.8) is 0 Å². The van der Waals surface area contributed by atoms with Gasteiger partial charge in [-0.1, -0.05) is 12.1 Å². The van der Waals surface area contributed by atoms with Gasteiger partial charge in [0, 0.05) is 23.5 Å². The summed E-state index contributed by atoms with van der Waals surface area (Å²) in [4.78, 5) is 5.57. The highest BCUT2D eigenvalue weighted by molar-refractivity contribution is 7.11. The van der Waals surface area contributed by atoms with Crippen molar-refractivity contribution in [2.45, 2.75) is 19.4 Å². The van der Waals surface area contributed by atoms with Gasteiger partial charge in [0.1, 0.15) is 5.82 Å². The summed E-state index contributed by atoms with van der Waals surface area (Å²) in [5.74, 6) is -0.192. The predicted octanol–water partition coefficient (Wildman–Crippen LogP) is 3.15. The number of nitrogens with zero attached hydrogens (tertiary/aromatic N) is 1. The molecule has 2 nitrogen and oxygen atoms in total. The number of benzene rings is 1. The maximum absolute atomic E-state index is 13.0. The molecule has 0 aliphatic heterocycles. The molecule has 1 heterocycles. The van der Waals surface area contributed by atoms with Gasteiger partial charge in [-0.2, -0.15) is 0 Å². The second-order valence-electron chi connectivity index (χ2n) is 3.97. The second kappa shape index (κ2) is 5.38. The Balaban J connectivity index is 2.11. The van der Waals surface area contributed by atoms with Gasteiger partial charge in [0.15, 0.2) is 0 Å². The lowest BCUT2D eigenvalue weighted by molar-refractivity contribution is 0.626. The van der Waals surface area contributed by atoms with E-state index in [1.165, 1.54) is 10.9 Å². The molecule has 0 bridgehead atoms. The Bertz CT molecular complexity index is 496. The first-order valence-corrected chi connectivity index (χ1v) is 6.37. The molecule has 0 aliphatic carbocycles. The van der Waals surface area contributed by atoms with E-state index < -0.39 is 0 Å². The molecule has 17 heavy (non-hydrogen) atoms. The Kier molecular flexibility index (Phi) is 3.86. The van der Waals surface area contributed by atoms with E-state index in [2.05, 4.69) is 17.2 Å². The predicted molar refractivity (Wildman–Crippen MR) is 68.8 cm³/mol. The summed E-state index contributed by atoms with van der Waals surface area (Å²) >= 11 is 1.67. The summed E-state index contributed by atoms with van der Waals surface area (Å²) in [6.45, 7) is 2.10. The van der Waals surface area contributed by atoms with Crippen LogP contribution in [0.15, 0.2) is 30.5 Å².